The van der Waals surface area contributed by atoms with Crippen molar-refractivity contribution in [1.82, 2.24) is 5.43 Å². The lowest BCUT2D eigenvalue weighted by Gasteiger charge is -2.14. The molecule has 0 bridgehead atoms. The molecule has 0 unspecified atom stereocenters. The molecule has 132 valence electrons. The van der Waals surface area contributed by atoms with Crippen LogP contribution in [0.2, 0.25) is 5.02 Å². The Bertz CT molecular complexity index is 913. The monoisotopic (exact) mass is 432 g/mol. The van der Waals surface area contributed by atoms with E-state index in [0.717, 1.165) is 0 Å². The first kappa shape index (κ1) is 18.2. The minimum absolute atomic E-state index is 0.00790. The van der Waals surface area contributed by atoms with Crippen LogP contribution < -0.4 is 15.2 Å². The number of rotatable bonds is 5. The molecule has 0 aliphatic carbocycles. The van der Waals surface area contributed by atoms with Crippen LogP contribution in [-0.4, -0.2) is 18.4 Å². The highest BCUT2D eigenvalue weighted by molar-refractivity contribution is 9.10. The lowest BCUT2D eigenvalue weighted by molar-refractivity contribution is -0.117. The lowest BCUT2D eigenvalue weighted by atomic mass is 10.1. The summed E-state index contributed by atoms with van der Waals surface area (Å²) in [6.45, 7) is 3.89. The Balaban J connectivity index is 2.01. The summed E-state index contributed by atoms with van der Waals surface area (Å²) in [6, 6.07) is 12.2. The van der Waals surface area contributed by atoms with E-state index < -0.39 is 11.8 Å². The summed E-state index contributed by atoms with van der Waals surface area (Å²) < 4.78 is 6.25. The molecule has 3 rings (SSSR count). The number of hydrogen-bond acceptors (Lipinski definition) is 3. The van der Waals surface area contributed by atoms with Gasteiger partial charge in [0, 0.05) is 10.6 Å². The van der Waals surface area contributed by atoms with Gasteiger partial charge in [-0.3, -0.25) is 15.0 Å². The number of nitrogens with one attached hydrogen (secondary N) is 1. The molecule has 0 atom stereocenters. The van der Waals surface area contributed by atoms with Crippen LogP contribution >= 0.6 is 27.5 Å². The standard InChI is InChI=1S/C19H14BrClN2O3/c1-2-8-26-17-12(9-13(21)11-16(17)20)10-15-18(24)22-23(19(15)25)14-6-4-3-5-7-14/h2-7,9-11H,1,8H2,(H,22,24)/b15-10-. The van der Waals surface area contributed by atoms with E-state index in [0.29, 0.717) is 26.5 Å². The van der Waals surface area contributed by atoms with Crippen molar-refractivity contribution >= 4 is 51.1 Å². The van der Waals surface area contributed by atoms with Gasteiger partial charge in [-0.05, 0) is 46.3 Å². The molecule has 7 heteroatoms. The van der Waals surface area contributed by atoms with Crippen molar-refractivity contribution in [3.8, 4) is 5.75 Å². The zero-order valence-electron chi connectivity index (χ0n) is 13.5. The summed E-state index contributed by atoms with van der Waals surface area (Å²) in [4.78, 5) is 25.0. The molecule has 0 saturated carbocycles. The van der Waals surface area contributed by atoms with Gasteiger partial charge in [0.1, 0.15) is 17.9 Å². The number of para-hydroxylation sites is 1. The molecular weight excluding hydrogens is 420 g/mol. The van der Waals surface area contributed by atoms with Crippen LogP contribution in [-0.2, 0) is 9.59 Å². The number of benzene rings is 2. The normalized spacial score (nSPS) is 15.3. The average molecular weight is 434 g/mol. The van der Waals surface area contributed by atoms with Crippen molar-refractivity contribution in [3.05, 3.63) is 75.8 Å². The summed E-state index contributed by atoms with van der Waals surface area (Å²) in [5.41, 5.74) is 3.64. The Morgan fingerprint density at radius 3 is 2.65 bits per heavy atom. The zero-order valence-corrected chi connectivity index (χ0v) is 15.9. The molecule has 2 aromatic rings. The summed E-state index contributed by atoms with van der Waals surface area (Å²) in [5, 5.41) is 1.65. The highest BCUT2D eigenvalue weighted by atomic mass is 79.9. The maximum Gasteiger partial charge on any atom is 0.282 e. The summed E-state index contributed by atoms with van der Waals surface area (Å²) in [5.74, 6) is -0.475. The Kier molecular flexibility index (Phi) is 5.44. The van der Waals surface area contributed by atoms with Crippen molar-refractivity contribution in [2.75, 3.05) is 11.6 Å². The van der Waals surface area contributed by atoms with Gasteiger partial charge in [-0.2, -0.15) is 0 Å². The fourth-order valence-corrected chi connectivity index (χ4v) is 3.40. The Morgan fingerprint density at radius 1 is 1.23 bits per heavy atom. The molecule has 1 fully saturated rings. The molecule has 0 aromatic heterocycles. The molecular formula is C19H14BrClN2O3. The molecule has 2 amide bonds. The fraction of sp³-hybridized carbons (Fsp3) is 0.0526. The van der Waals surface area contributed by atoms with Gasteiger partial charge >= 0.3 is 0 Å². The quantitative estimate of drug-likeness (QED) is 0.438. The van der Waals surface area contributed by atoms with Gasteiger partial charge in [-0.15, -0.1) is 0 Å². The number of hydrazine groups is 1. The second kappa shape index (κ2) is 7.76. The third kappa shape index (κ3) is 3.66. The zero-order chi connectivity index (χ0) is 18.7. The number of halogens is 2. The third-order valence-corrected chi connectivity index (χ3v) is 4.40. The number of amides is 2. The van der Waals surface area contributed by atoms with Crippen LogP contribution in [0.15, 0.2) is 65.2 Å². The van der Waals surface area contributed by atoms with Gasteiger partial charge in [0.05, 0.1) is 10.2 Å². The van der Waals surface area contributed by atoms with Gasteiger partial charge in [0.15, 0.2) is 0 Å². The topological polar surface area (TPSA) is 58.6 Å². The van der Waals surface area contributed by atoms with Crippen LogP contribution in [0.3, 0.4) is 0 Å². The minimum Gasteiger partial charge on any atom is -0.488 e. The molecule has 5 nitrogen and oxygen atoms in total. The van der Waals surface area contributed by atoms with Crippen molar-refractivity contribution in [3.63, 3.8) is 0 Å². The highest BCUT2D eigenvalue weighted by Gasteiger charge is 2.34. The van der Waals surface area contributed by atoms with Gasteiger partial charge in [-0.25, -0.2) is 5.01 Å². The molecule has 1 saturated heterocycles. The number of carbonyl (C=O) groups is 2. The number of nitrogens with zero attached hydrogens (tertiary/aromatic N) is 1. The Hall–Kier alpha value is -2.57. The summed E-state index contributed by atoms with van der Waals surface area (Å²) in [6.07, 6.45) is 3.07. The minimum atomic E-state index is -0.496. The van der Waals surface area contributed by atoms with E-state index >= 15 is 0 Å². The van der Waals surface area contributed by atoms with E-state index in [9.17, 15) is 9.59 Å². The summed E-state index contributed by atoms with van der Waals surface area (Å²) >= 11 is 9.50. The second-order valence-electron chi connectivity index (χ2n) is 5.38. The molecule has 26 heavy (non-hydrogen) atoms. The SMILES string of the molecule is C=CCOc1c(Br)cc(Cl)cc1/C=C1/C(=O)NN(c2ccccc2)C1=O. The van der Waals surface area contributed by atoms with Crippen molar-refractivity contribution in [2.24, 2.45) is 0 Å². The van der Waals surface area contributed by atoms with Gasteiger partial charge in [0.25, 0.3) is 11.8 Å². The van der Waals surface area contributed by atoms with Gasteiger partial charge < -0.3 is 4.74 Å². The smallest absolute Gasteiger partial charge is 0.282 e. The van der Waals surface area contributed by atoms with Crippen LogP contribution in [0.1, 0.15) is 5.56 Å². The first-order valence-electron chi connectivity index (χ1n) is 7.66. The molecule has 0 radical (unpaired) electrons. The maximum absolute atomic E-state index is 12.7. The van der Waals surface area contributed by atoms with E-state index in [-0.39, 0.29) is 12.2 Å². The number of hydrogen-bond donors (Lipinski definition) is 1. The first-order chi connectivity index (χ1) is 12.5. The van der Waals surface area contributed by atoms with Crippen LogP contribution in [0.5, 0.6) is 5.75 Å². The number of anilines is 1. The Labute approximate surface area is 164 Å². The highest BCUT2D eigenvalue weighted by Crippen LogP contribution is 2.35. The van der Waals surface area contributed by atoms with Crippen LogP contribution in [0, 0.1) is 0 Å². The van der Waals surface area contributed by atoms with Crippen LogP contribution in [0.25, 0.3) is 6.08 Å². The molecule has 1 heterocycles. The van der Waals surface area contributed by atoms with Crippen LogP contribution in [0.4, 0.5) is 5.69 Å². The summed E-state index contributed by atoms with van der Waals surface area (Å²) in [7, 11) is 0. The largest absolute Gasteiger partial charge is 0.488 e. The van der Waals surface area contributed by atoms with E-state index in [4.69, 9.17) is 16.3 Å². The van der Waals surface area contributed by atoms with Crippen molar-refractivity contribution in [2.45, 2.75) is 0 Å². The second-order valence-corrected chi connectivity index (χ2v) is 6.67. The number of carbonyl (C=O) groups excluding carboxylic acids is 2. The van der Waals surface area contributed by atoms with E-state index in [1.807, 2.05) is 6.07 Å². The lowest BCUT2D eigenvalue weighted by Crippen LogP contribution is -2.35. The predicted octanol–water partition coefficient (Wildman–Crippen LogP) is 4.13. The van der Waals surface area contributed by atoms with Gasteiger partial charge in [-0.1, -0.05) is 42.5 Å². The molecule has 1 N–H and O–H groups in total. The third-order valence-electron chi connectivity index (χ3n) is 3.59. The maximum atomic E-state index is 12.7. The number of ether oxygens (including phenoxy) is 1. The first-order valence-corrected chi connectivity index (χ1v) is 8.83. The molecule has 1 aliphatic rings. The fourth-order valence-electron chi connectivity index (χ4n) is 2.45. The van der Waals surface area contributed by atoms with E-state index in [2.05, 4.69) is 27.9 Å². The average Bonchev–Trinajstić information content (AvgIpc) is 2.90. The van der Waals surface area contributed by atoms with Crippen molar-refractivity contribution in [1.29, 1.82) is 0 Å². The Morgan fingerprint density at radius 2 is 1.96 bits per heavy atom. The van der Waals surface area contributed by atoms with E-state index in [1.165, 1.54) is 11.1 Å². The molecule has 2 aromatic carbocycles. The van der Waals surface area contributed by atoms with E-state index in [1.54, 1.807) is 42.5 Å². The predicted molar refractivity (Wildman–Crippen MR) is 105 cm³/mol. The molecule has 0 spiro atoms. The van der Waals surface area contributed by atoms with Gasteiger partial charge in [0.2, 0.25) is 0 Å². The molecule has 1 aliphatic heterocycles. The van der Waals surface area contributed by atoms with Crippen molar-refractivity contribution < 1.29 is 14.3 Å².